The molecule has 3 rings (SSSR count). The van der Waals surface area contributed by atoms with Crippen molar-refractivity contribution in [2.75, 3.05) is 5.32 Å². The summed E-state index contributed by atoms with van der Waals surface area (Å²) in [6.45, 7) is 0. The lowest BCUT2D eigenvalue weighted by molar-refractivity contribution is -0.111. The number of carbonyl (C=O) groups excluding carboxylic acids is 1. The van der Waals surface area contributed by atoms with Crippen molar-refractivity contribution in [3.63, 3.8) is 0 Å². The lowest BCUT2D eigenvalue weighted by Gasteiger charge is -2.05. The van der Waals surface area contributed by atoms with Crippen LogP contribution in [-0.2, 0) is 17.6 Å². The van der Waals surface area contributed by atoms with E-state index in [2.05, 4.69) is 17.4 Å². The molecule has 0 heterocycles. The van der Waals surface area contributed by atoms with Gasteiger partial charge in [-0.1, -0.05) is 36.0 Å². The molecule has 0 fully saturated rings. The highest BCUT2D eigenvalue weighted by molar-refractivity contribution is 8.02. The number of hydrogen-bond donors (Lipinski definition) is 1. The molecule has 0 saturated heterocycles. The molecule has 0 spiro atoms. The molecule has 2 aromatic rings. The Labute approximate surface area is 129 Å². The number of nitrogens with one attached hydrogen (secondary N) is 1. The van der Waals surface area contributed by atoms with E-state index in [1.165, 1.54) is 29.3 Å². The van der Waals surface area contributed by atoms with Gasteiger partial charge in [-0.15, -0.1) is 0 Å². The van der Waals surface area contributed by atoms with Gasteiger partial charge in [0.25, 0.3) is 0 Å². The maximum atomic E-state index is 11.9. The maximum absolute atomic E-state index is 11.9. The third kappa shape index (κ3) is 3.76. The van der Waals surface area contributed by atoms with Crippen molar-refractivity contribution in [3.8, 4) is 0 Å². The minimum atomic E-state index is -0.0867. The number of rotatable bonds is 4. The molecule has 0 atom stereocenters. The van der Waals surface area contributed by atoms with Crippen molar-refractivity contribution in [3.05, 3.63) is 71.1 Å². The second-order valence-corrected chi connectivity index (χ2v) is 6.04. The van der Waals surface area contributed by atoms with E-state index in [1.807, 2.05) is 41.8 Å². The van der Waals surface area contributed by atoms with Crippen LogP contribution < -0.4 is 5.32 Å². The van der Waals surface area contributed by atoms with Crippen LogP contribution in [0.2, 0.25) is 0 Å². The molecule has 1 aliphatic rings. The smallest absolute Gasteiger partial charge is 0.248 e. The van der Waals surface area contributed by atoms with Gasteiger partial charge in [-0.3, -0.25) is 4.79 Å². The SMILES string of the molecule is O=C(C=CSc1ccccc1)Nc1ccc2c(c1)CCC2. The Bertz CT molecular complexity index is 664. The van der Waals surface area contributed by atoms with E-state index >= 15 is 0 Å². The van der Waals surface area contributed by atoms with Crippen LogP contribution in [-0.4, -0.2) is 5.91 Å². The van der Waals surface area contributed by atoms with Crippen LogP contribution in [0.25, 0.3) is 0 Å². The molecule has 0 radical (unpaired) electrons. The second-order valence-electron chi connectivity index (χ2n) is 5.06. The zero-order valence-electron chi connectivity index (χ0n) is 11.7. The molecular weight excluding hydrogens is 278 g/mol. The van der Waals surface area contributed by atoms with E-state index in [1.54, 1.807) is 6.08 Å². The molecule has 0 unspecified atom stereocenters. The molecule has 2 aromatic carbocycles. The Morgan fingerprint density at radius 3 is 2.71 bits per heavy atom. The normalized spacial score (nSPS) is 13.3. The monoisotopic (exact) mass is 295 g/mol. The summed E-state index contributed by atoms with van der Waals surface area (Å²) in [6, 6.07) is 16.2. The maximum Gasteiger partial charge on any atom is 0.248 e. The third-order valence-corrected chi connectivity index (χ3v) is 4.35. The van der Waals surface area contributed by atoms with Crippen molar-refractivity contribution in [2.24, 2.45) is 0 Å². The molecule has 2 nitrogen and oxygen atoms in total. The average molecular weight is 295 g/mol. The van der Waals surface area contributed by atoms with E-state index < -0.39 is 0 Å². The predicted octanol–water partition coefficient (Wildman–Crippen LogP) is 4.42. The number of aryl methyl sites for hydroxylation is 2. The number of thioether (sulfide) groups is 1. The Morgan fingerprint density at radius 2 is 1.86 bits per heavy atom. The first kappa shape index (κ1) is 14.0. The molecule has 1 aliphatic carbocycles. The van der Waals surface area contributed by atoms with Crippen molar-refractivity contribution in [1.29, 1.82) is 0 Å². The molecule has 1 N–H and O–H groups in total. The van der Waals surface area contributed by atoms with Gasteiger partial charge >= 0.3 is 0 Å². The predicted molar refractivity (Wildman–Crippen MR) is 88.5 cm³/mol. The first-order valence-corrected chi connectivity index (χ1v) is 8.00. The molecule has 0 saturated carbocycles. The fourth-order valence-corrected chi connectivity index (χ4v) is 3.17. The van der Waals surface area contributed by atoms with Crippen molar-refractivity contribution < 1.29 is 4.79 Å². The average Bonchev–Trinajstić information content (AvgIpc) is 2.96. The summed E-state index contributed by atoms with van der Waals surface area (Å²) < 4.78 is 0. The lowest BCUT2D eigenvalue weighted by Crippen LogP contribution is -2.07. The molecule has 0 bridgehead atoms. The van der Waals surface area contributed by atoms with Gasteiger partial charge in [0.1, 0.15) is 0 Å². The van der Waals surface area contributed by atoms with Gasteiger partial charge in [0.05, 0.1) is 0 Å². The summed E-state index contributed by atoms with van der Waals surface area (Å²) in [4.78, 5) is 13.0. The zero-order valence-corrected chi connectivity index (χ0v) is 12.5. The molecular formula is C18H17NOS. The summed E-state index contributed by atoms with van der Waals surface area (Å²) in [5, 5.41) is 4.74. The van der Waals surface area contributed by atoms with E-state index in [9.17, 15) is 4.79 Å². The van der Waals surface area contributed by atoms with Crippen LogP contribution in [0, 0.1) is 0 Å². The zero-order chi connectivity index (χ0) is 14.5. The highest BCUT2D eigenvalue weighted by atomic mass is 32.2. The van der Waals surface area contributed by atoms with Crippen molar-refractivity contribution in [1.82, 2.24) is 0 Å². The van der Waals surface area contributed by atoms with Crippen LogP contribution in [0.15, 0.2) is 64.9 Å². The molecule has 0 aliphatic heterocycles. The largest absolute Gasteiger partial charge is 0.322 e. The van der Waals surface area contributed by atoms with Gasteiger partial charge in [-0.25, -0.2) is 0 Å². The number of anilines is 1. The third-order valence-electron chi connectivity index (χ3n) is 3.53. The number of fused-ring (bicyclic) bond motifs is 1. The number of carbonyl (C=O) groups is 1. The molecule has 21 heavy (non-hydrogen) atoms. The Kier molecular flexibility index (Phi) is 4.41. The highest BCUT2D eigenvalue weighted by Crippen LogP contribution is 2.25. The molecule has 1 amide bonds. The lowest BCUT2D eigenvalue weighted by atomic mass is 10.1. The summed E-state index contributed by atoms with van der Waals surface area (Å²) >= 11 is 1.54. The topological polar surface area (TPSA) is 29.1 Å². The van der Waals surface area contributed by atoms with Crippen LogP contribution >= 0.6 is 11.8 Å². The first-order chi connectivity index (χ1) is 10.3. The number of benzene rings is 2. The number of hydrogen-bond acceptors (Lipinski definition) is 2. The standard InChI is InChI=1S/C18H17NOS/c20-18(11-12-21-17-7-2-1-3-8-17)19-16-10-9-14-5-4-6-15(14)13-16/h1-3,7-13H,4-6H2,(H,19,20). The highest BCUT2D eigenvalue weighted by Gasteiger charge is 2.11. The molecule has 0 aromatic heterocycles. The second kappa shape index (κ2) is 6.64. The van der Waals surface area contributed by atoms with Crippen LogP contribution in [0.4, 0.5) is 5.69 Å². The minimum Gasteiger partial charge on any atom is -0.322 e. The number of amides is 1. The first-order valence-electron chi connectivity index (χ1n) is 7.12. The Morgan fingerprint density at radius 1 is 1.05 bits per heavy atom. The summed E-state index contributed by atoms with van der Waals surface area (Å²) in [7, 11) is 0. The van der Waals surface area contributed by atoms with Crippen LogP contribution in [0.1, 0.15) is 17.5 Å². The summed E-state index contributed by atoms with van der Waals surface area (Å²) in [6.07, 6.45) is 5.08. The molecule has 106 valence electrons. The molecule has 3 heteroatoms. The van der Waals surface area contributed by atoms with Gasteiger partial charge in [-0.2, -0.15) is 0 Å². The van der Waals surface area contributed by atoms with Gasteiger partial charge in [-0.05, 0) is 60.1 Å². The van der Waals surface area contributed by atoms with Gasteiger partial charge in [0.15, 0.2) is 0 Å². The van der Waals surface area contributed by atoms with Gasteiger partial charge in [0.2, 0.25) is 5.91 Å². The Hall–Kier alpha value is -2.00. The van der Waals surface area contributed by atoms with E-state index in [0.29, 0.717) is 0 Å². The van der Waals surface area contributed by atoms with Crippen molar-refractivity contribution >= 4 is 23.4 Å². The van der Waals surface area contributed by atoms with E-state index in [4.69, 9.17) is 0 Å². The summed E-state index contributed by atoms with van der Waals surface area (Å²) in [5.41, 5.74) is 3.67. The van der Waals surface area contributed by atoms with E-state index in [-0.39, 0.29) is 5.91 Å². The summed E-state index contributed by atoms with van der Waals surface area (Å²) in [5.74, 6) is -0.0867. The fourth-order valence-electron chi connectivity index (χ4n) is 2.51. The quantitative estimate of drug-likeness (QED) is 0.668. The van der Waals surface area contributed by atoms with Gasteiger partial charge < -0.3 is 5.32 Å². The van der Waals surface area contributed by atoms with Crippen LogP contribution in [0.3, 0.4) is 0 Å². The minimum absolute atomic E-state index is 0.0867. The van der Waals surface area contributed by atoms with Gasteiger partial charge in [0, 0.05) is 16.7 Å². The van der Waals surface area contributed by atoms with E-state index in [0.717, 1.165) is 23.4 Å². The van der Waals surface area contributed by atoms with Crippen molar-refractivity contribution in [2.45, 2.75) is 24.2 Å². The fraction of sp³-hybridized carbons (Fsp3) is 0.167. The van der Waals surface area contributed by atoms with Crippen LogP contribution in [0.5, 0.6) is 0 Å². The Balaban J connectivity index is 1.56.